The molecule has 3 heteroatoms. The predicted molar refractivity (Wildman–Crippen MR) is 165 cm³/mol. The van der Waals surface area contributed by atoms with Crippen molar-refractivity contribution in [3.05, 3.63) is 145 Å². The third-order valence-electron chi connectivity index (χ3n) is 7.94. The van der Waals surface area contributed by atoms with Gasteiger partial charge in [0, 0.05) is 32.8 Å². The first kappa shape index (κ1) is 22.4. The van der Waals surface area contributed by atoms with Gasteiger partial charge in [-0.1, -0.05) is 78.9 Å². The lowest BCUT2D eigenvalue weighted by Crippen LogP contribution is -1.97. The molecule has 0 saturated carbocycles. The van der Waals surface area contributed by atoms with Gasteiger partial charge in [0.25, 0.3) is 0 Å². The fourth-order valence-electron chi connectivity index (χ4n) is 6.21. The molecule has 0 aliphatic carbocycles. The van der Waals surface area contributed by atoms with Crippen molar-refractivity contribution in [2.45, 2.75) is 0 Å². The molecule has 2 heterocycles. The van der Waals surface area contributed by atoms with Gasteiger partial charge in [0.05, 0.1) is 39.4 Å². The number of nitrogens with zero attached hydrogens (tertiary/aromatic N) is 3. The SMILES string of the molecule is N#Cc1ccc2c(c1)c1ccccc1n2-c1ccccc1-c1ccc2c(c1)c1ccccc1n2-c1ccccc1. The summed E-state index contributed by atoms with van der Waals surface area (Å²) in [6.07, 6.45) is 0. The number of hydrogen-bond donors (Lipinski definition) is 0. The summed E-state index contributed by atoms with van der Waals surface area (Å²) in [7, 11) is 0. The monoisotopic (exact) mass is 509 g/mol. The molecule has 8 rings (SSSR count). The van der Waals surface area contributed by atoms with Gasteiger partial charge in [-0.05, 0) is 66.2 Å². The zero-order valence-corrected chi connectivity index (χ0v) is 21.6. The number of hydrogen-bond acceptors (Lipinski definition) is 1. The fourth-order valence-corrected chi connectivity index (χ4v) is 6.21. The van der Waals surface area contributed by atoms with Crippen LogP contribution in [0.1, 0.15) is 5.56 Å². The summed E-state index contributed by atoms with van der Waals surface area (Å²) in [5.41, 5.74) is 9.87. The van der Waals surface area contributed by atoms with E-state index in [2.05, 4.69) is 143 Å². The average molecular weight is 510 g/mol. The van der Waals surface area contributed by atoms with Crippen LogP contribution >= 0.6 is 0 Å². The summed E-state index contributed by atoms with van der Waals surface area (Å²) in [4.78, 5) is 0. The fraction of sp³-hybridized carbons (Fsp3) is 0. The van der Waals surface area contributed by atoms with E-state index in [1.54, 1.807) is 0 Å². The van der Waals surface area contributed by atoms with Crippen molar-refractivity contribution >= 4 is 43.6 Å². The van der Waals surface area contributed by atoms with Crippen LogP contribution in [-0.2, 0) is 0 Å². The first-order valence-electron chi connectivity index (χ1n) is 13.4. The van der Waals surface area contributed by atoms with Crippen LogP contribution in [0, 0.1) is 11.3 Å². The molecule has 0 radical (unpaired) electrons. The lowest BCUT2D eigenvalue weighted by Gasteiger charge is -2.14. The second-order valence-corrected chi connectivity index (χ2v) is 10.1. The maximum absolute atomic E-state index is 9.56. The van der Waals surface area contributed by atoms with E-state index in [4.69, 9.17) is 0 Å². The predicted octanol–water partition coefficient (Wildman–Crippen LogP) is 9.42. The van der Waals surface area contributed by atoms with Crippen molar-refractivity contribution in [2.24, 2.45) is 0 Å². The van der Waals surface area contributed by atoms with Crippen LogP contribution in [-0.4, -0.2) is 9.13 Å². The molecule has 0 fully saturated rings. The molecule has 0 aliphatic rings. The van der Waals surface area contributed by atoms with Gasteiger partial charge in [-0.2, -0.15) is 5.26 Å². The van der Waals surface area contributed by atoms with Gasteiger partial charge in [-0.15, -0.1) is 0 Å². The molecule has 0 aliphatic heterocycles. The molecule has 0 amide bonds. The molecular weight excluding hydrogens is 486 g/mol. The van der Waals surface area contributed by atoms with E-state index in [0.29, 0.717) is 5.56 Å². The smallest absolute Gasteiger partial charge is 0.0991 e. The third kappa shape index (κ3) is 3.24. The van der Waals surface area contributed by atoms with E-state index in [-0.39, 0.29) is 0 Å². The summed E-state index contributed by atoms with van der Waals surface area (Å²) < 4.78 is 4.68. The van der Waals surface area contributed by atoms with Crippen LogP contribution in [0.2, 0.25) is 0 Å². The summed E-state index contributed by atoms with van der Waals surface area (Å²) in [5.74, 6) is 0. The minimum Gasteiger partial charge on any atom is -0.309 e. The summed E-state index contributed by atoms with van der Waals surface area (Å²) in [5, 5.41) is 14.3. The van der Waals surface area contributed by atoms with Crippen molar-refractivity contribution < 1.29 is 0 Å². The van der Waals surface area contributed by atoms with Crippen LogP contribution in [0.3, 0.4) is 0 Å². The molecule has 186 valence electrons. The molecule has 0 saturated heterocycles. The van der Waals surface area contributed by atoms with Crippen molar-refractivity contribution in [3.63, 3.8) is 0 Å². The Balaban J connectivity index is 1.41. The van der Waals surface area contributed by atoms with Crippen molar-refractivity contribution in [1.82, 2.24) is 9.13 Å². The first-order chi connectivity index (χ1) is 19.8. The maximum atomic E-state index is 9.56. The molecule has 0 N–H and O–H groups in total. The number of rotatable bonds is 3. The van der Waals surface area contributed by atoms with Crippen LogP contribution in [0.4, 0.5) is 0 Å². The highest BCUT2D eigenvalue weighted by atomic mass is 15.0. The zero-order valence-electron chi connectivity index (χ0n) is 21.6. The van der Waals surface area contributed by atoms with Crippen LogP contribution in [0.15, 0.2) is 140 Å². The van der Waals surface area contributed by atoms with E-state index in [9.17, 15) is 5.26 Å². The Hall–Kier alpha value is -5.59. The number of nitriles is 1. The second-order valence-electron chi connectivity index (χ2n) is 10.1. The van der Waals surface area contributed by atoms with Gasteiger partial charge in [-0.3, -0.25) is 0 Å². The molecule has 2 aromatic heterocycles. The van der Waals surface area contributed by atoms with Gasteiger partial charge in [0.1, 0.15) is 0 Å². The topological polar surface area (TPSA) is 33.6 Å². The molecule has 3 nitrogen and oxygen atoms in total. The number of benzene rings is 6. The Morgan fingerprint density at radius 1 is 0.450 bits per heavy atom. The molecule has 0 bridgehead atoms. The minimum atomic E-state index is 0.670. The third-order valence-corrected chi connectivity index (χ3v) is 7.94. The van der Waals surface area contributed by atoms with Crippen LogP contribution < -0.4 is 0 Å². The van der Waals surface area contributed by atoms with Crippen molar-refractivity contribution in [1.29, 1.82) is 5.26 Å². The van der Waals surface area contributed by atoms with Gasteiger partial charge in [-0.25, -0.2) is 0 Å². The highest BCUT2D eigenvalue weighted by Gasteiger charge is 2.17. The van der Waals surface area contributed by atoms with Gasteiger partial charge < -0.3 is 9.13 Å². The highest BCUT2D eigenvalue weighted by molar-refractivity contribution is 6.12. The van der Waals surface area contributed by atoms with E-state index >= 15 is 0 Å². The summed E-state index contributed by atoms with van der Waals surface area (Å²) in [6, 6.07) is 51.3. The molecule has 0 atom stereocenters. The van der Waals surface area contributed by atoms with Crippen LogP contribution in [0.25, 0.3) is 66.1 Å². The summed E-state index contributed by atoms with van der Waals surface area (Å²) in [6.45, 7) is 0. The normalized spacial score (nSPS) is 11.5. The molecule has 6 aromatic carbocycles. The number of aromatic nitrogens is 2. The van der Waals surface area contributed by atoms with Gasteiger partial charge >= 0.3 is 0 Å². The first-order valence-corrected chi connectivity index (χ1v) is 13.4. The summed E-state index contributed by atoms with van der Waals surface area (Å²) >= 11 is 0. The Kier molecular flexibility index (Phi) is 4.89. The Morgan fingerprint density at radius 2 is 1.02 bits per heavy atom. The van der Waals surface area contributed by atoms with Crippen molar-refractivity contribution in [2.75, 3.05) is 0 Å². The van der Waals surface area contributed by atoms with Crippen LogP contribution in [0.5, 0.6) is 0 Å². The Morgan fingerprint density at radius 3 is 1.80 bits per heavy atom. The number of para-hydroxylation sites is 4. The van der Waals surface area contributed by atoms with E-state index in [1.807, 2.05) is 12.1 Å². The Bertz CT molecular complexity index is 2280. The van der Waals surface area contributed by atoms with E-state index in [0.717, 1.165) is 38.7 Å². The average Bonchev–Trinajstić information content (AvgIpc) is 3.53. The molecule has 0 unspecified atom stereocenters. The lowest BCUT2D eigenvalue weighted by atomic mass is 10.0. The minimum absolute atomic E-state index is 0.670. The standard InChI is InChI=1S/C37H23N3/c38-24-25-18-20-37-31(22-25)29-13-6-9-17-35(29)40(37)33-15-7-4-12-28(33)26-19-21-36-32(23-26)30-14-5-8-16-34(30)39(36)27-10-2-1-3-11-27/h1-23H. The molecule has 40 heavy (non-hydrogen) atoms. The van der Waals surface area contributed by atoms with Gasteiger partial charge in [0.15, 0.2) is 0 Å². The van der Waals surface area contributed by atoms with Gasteiger partial charge in [0.2, 0.25) is 0 Å². The Labute approximate surface area is 231 Å². The molecular formula is C37H23N3. The number of fused-ring (bicyclic) bond motifs is 6. The zero-order chi connectivity index (χ0) is 26.6. The van der Waals surface area contributed by atoms with Crippen molar-refractivity contribution in [3.8, 4) is 28.6 Å². The maximum Gasteiger partial charge on any atom is 0.0991 e. The van der Waals surface area contributed by atoms with E-state index < -0.39 is 0 Å². The second kappa shape index (κ2) is 8.73. The quantitative estimate of drug-likeness (QED) is 0.233. The lowest BCUT2D eigenvalue weighted by molar-refractivity contribution is 1.18. The molecule has 8 aromatic rings. The highest BCUT2D eigenvalue weighted by Crippen LogP contribution is 2.39. The largest absolute Gasteiger partial charge is 0.309 e. The van der Waals surface area contributed by atoms with E-state index in [1.165, 1.54) is 27.4 Å². The molecule has 0 spiro atoms.